The van der Waals surface area contributed by atoms with Gasteiger partial charge >= 0.3 is 5.97 Å². The Balaban J connectivity index is 1.59. The van der Waals surface area contributed by atoms with Crippen molar-refractivity contribution in [2.24, 2.45) is 5.73 Å². The van der Waals surface area contributed by atoms with Crippen molar-refractivity contribution in [3.8, 4) is 10.6 Å². The van der Waals surface area contributed by atoms with Gasteiger partial charge in [-0.05, 0) is 31.2 Å². The lowest BCUT2D eigenvalue weighted by molar-refractivity contribution is -0.143. The molecule has 3 rings (SSSR count). The topological polar surface area (TPSA) is 103 Å². The number of nitrogens with zero attached hydrogens (tertiary/aromatic N) is 2. The average Bonchev–Trinajstić information content (AvgIpc) is 3.22. The van der Waals surface area contributed by atoms with Gasteiger partial charge in [0.1, 0.15) is 11.0 Å². The quantitative estimate of drug-likeness (QED) is 0.749. The van der Waals surface area contributed by atoms with Crippen LogP contribution in [0.2, 0.25) is 0 Å². The SMILES string of the molecule is CCc1ccc(-c2nc(C(=O)OCC(=O)N3CCCC[C@@H]3C(N)=O)cs2)cc1. The summed E-state index contributed by atoms with van der Waals surface area (Å²) in [7, 11) is 0. The van der Waals surface area contributed by atoms with Gasteiger partial charge in [0, 0.05) is 17.5 Å². The zero-order chi connectivity index (χ0) is 20.1. The van der Waals surface area contributed by atoms with Crippen LogP contribution in [0, 0.1) is 0 Å². The molecule has 2 amide bonds. The van der Waals surface area contributed by atoms with E-state index < -0.39 is 30.4 Å². The summed E-state index contributed by atoms with van der Waals surface area (Å²) in [5, 5.41) is 2.33. The summed E-state index contributed by atoms with van der Waals surface area (Å²) in [6.07, 6.45) is 3.15. The molecule has 1 atom stereocenters. The lowest BCUT2D eigenvalue weighted by atomic mass is 10.0. The molecule has 1 aromatic carbocycles. The third-order valence-corrected chi connectivity index (χ3v) is 5.69. The average molecular weight is 401 g/mol. The predicted molar refractivity (Wildman–Crippen MR) is 106 cm³/mol. The highest BCUT2D eigenvalue weighted by atomic mass is 32.1. The molecule has 2 heterocycles. The van der Waals surface area contributed by atoms with Crippen molar-refractivity contribution in [1.82, 2.24) is 9.88 Å². The Bertz CT molecular complexity index is 863. The van der Waals surface area contributed by atoms with E-state index in [2.05, 4.69) is 11.9 Å². The Kier molecular flexibility index (Phi) is 6.41. The molecular formula is C20H23N3O4S. The summed E-state index contributed by atoms with van der Waals surface area (Å²) in [6, 6.07) is 7.37. The summed E-state index contributed by atoms with van der Waals surface area (Å²) < 4.78 is 5.12. The van der Waals surface area contributed by atoms with Crippen molar-refractivity contribution in [1.29, 1.82) is 0 Å². The number of thiazole rings is 1. The van der Waals surface area contributed by atoms with E-state index in [0.29, 0.717) is 18.0 Å². The molecule has 0 radical (unpaired) electrons. The highest BCUT2D eigenvalue weighted by Gasteiger charge is 2.31. The number of nitrogens with two attached hydrogens (primary N) is 1. The second-order valence-electron chi connectivity index (χ2n) is 6.67. The Hall–Kier alpha value is -2.74. The minimum absolute atomic E-state index is 0.164. The second-order valence-corrected chi connectivity index (χ2v) is 7.52. The van der Waals surface area contributed by atoms with Crippen LogP contribution in [0.4, 0.5) is 0 Å². The summed E-state index contributed by atoms with van der Waals surface area (Å²) >= 11 is 1.34. The summed E-state index contributed by atoms with van der Waals surface area (Å²) in [5.41, 5.74) is 7.69. The smallest absolute Gasteiger partial charge is 0.358 e. The molecule has 2 N–H and O–H groups in total. The molecule has 148 valence electrons. The Morgan fingerprint density at radius 2 is 2.00 bits per heavy atom. The van der Waals surface area contributed by atoms with Crippen LogP contribution in [0.15, 0.2) is 29.6 Å². The Labute approximate surface area is 167 Å². The molecule has 28 heavy (non-hydrogen) atoms. The maximum atomic E-state index is 12.4. The number of ether oxygens (including phenoxy) is 1. The van der Waals surface area contributed by atoms with Crippen molar-refractivity contribution in [3.05, 3.63) is 40.9 Å². The van der Waals surface area contributed by atoms with E-state index in [1.165, 1.54) is 21.8 Å². The minimum Gasteiger partial charge on any atom is -0.451 e. The number of hydrogen-bond acceptors (Lipinski definition) is 6. The second kappa shape index (κ2) is 8.97. The number of aromatic nitrogens is 1. The van der Waals surface area contributed by atoms with Crippen LogP contribution >= 0.6 is 11.3 Å². The molecular weight excluding hydrogens is 378 g/mol. The van der Waals surface area contributed by atoms with Crippen LogP contribution < -0.4 is 5.73 Å². The highest BCUT2D eigenvalue weighted by Crippen LogP contribution is 2.24. The molecule has 0 spiro atoms. The Morgan fingerprint density at radius 3 is 2.68 bits per heavy atom. The molecule has 1 fully saturated rings. The monoisotopic (exact) mass is 401 g/mol. The van der Waals surface area contributed by atoms with Crippen LogP contribution in [0.3, 0.4) is 0 Å². The van der Waals surface area contributed by atoms with Gasteiger partial charge in [0.05, 0.1) is 0 Å². The number of carbonyl (C=O) groups is 3. The van der Waals surface area contributed by atoms with Crippen LogP contribution in [-0.4, -0.2) is 46.9 Å². The van der Waals surface area contributed by atoms with E-state index in [4.69, 9.17) is 10.5 Å². The maximum Gasteiger partial charge on any atom is 0.358 e. The number of likely N-dealkylation sites (tertiary alicyclic amines) is 1. The maximum absolute atomic E-state index is 12.4. The highest BCUT2D eigenvalue weighted by molar-refractivity contribution is 7.13. The number of carbonyl (C=O) groups excluding carboxylic acids is 3. The summed E-state index contributed by atoms with van der Waals surface area (Å²) in [6.45, 7) is 2.10. The van der Waals surface area contributed by atoms with Gasteiger partial charge in [0.25, 0.3) is 5.91 Å². The van der Waals surface area contributed by atoms with E-state index >= 15 is 0 Å². The number of benzene rings is 1. The van der Waals surface area contributed by atoms with E-state index in [1.807, 2.05) is 24.3 Å². The Morgan fingerprint density at radius 1 is 1.25 bits per heavy atom. The first-order chi connectivity index (χ1) is 13.5. The van der Waals surface area contributed by atoms with Crippen LogP contribution in [0.5, 0.6) is 0 Å². The third kappa shape index (κ3) is 4.56. The lowest BCUT2D eigenvalue weighted by Gasteiger charge is -2.33. The fourth-order valence-electron chi connectivity index (χ4n) is 3.19. The molecule has 1 aliphatic heterocycles. The molecule has 0 bridgehead atoms. The molecule has 1 aliphatic rings. The summed E-state index contributed by atoms with van der Waals surface area (Å²) in [5.74, 6) is -1.60. The van der Waals surface area contributed by atoms with Crippen molar-refractivity contribution < 1.29 is 19.1 Å². The zero-order valence-corrected chi connectivity index (χ0v) is 16.5. The van der Waals surface area contributed by atoms with Crippen LogP contribution in [-0.2, 0) is 20.7 Å². The first-order valence-corrected chi connectivity index (χ1v) is 10.2. The fourth-order valence-corrected chi connectivity index (χ4v) is 3.99. The number of hydrogen-bond donors (Lipinski definition) is 1. The first kappa shape index (κ1) is 20.0. The fraction of sp³-hybridized carbons (Fsp3) is 0.400. The number of amides is 2. The number of rotatable bonds is 6. The van der Waals surface area contributed by atoms with Gasteiger partial charge in [-0.2, -0.15) is 0 Å². The van der Waals surface area contributed by atoms with Crippen molar-refractivity contribution in [2.75, 3.05) is 13.2 Å². The largest absolute Gasteiger partial charge is 0.451 e. The molecule has 8 heteroatoms. The van der Waals surface area contributed by atoms with Crippen LogP contribution in [0.1, 0.15) is 42.2 Å². The van der Waals surface area contributed by atoms with Gasteiger partial charge in [-0.3, -0.25) is 9.59 Å². The van der Waals surface area contributed by atoms with E-state index in [0.717, 1.165) is 24.8 Å². The van der Waals surface area contributed by atoms with Gasteiger partial charge < -0.3 is 15.4 Å². The molecule has 0 aliphatic carbocycles. The van der Waals surface area contributed by atoms with E-state index in [1.54, 1.807) is 5.38 Å². The van der Waals surface area contributed by atoms with E-state index in [9.17, 15) is 14.4 Å². The number of esters is 1. The standard InChI is InChI=1S/C20H23N3O4S/c1-2-13-6-8-14(9-7-13)19-22-15(12-28-19)20(26)27-11-17(24)23-10-4-3-5-16(23)18(21)25/h6-9,12,16H,2-5,10-11H2,1H3,(H2,21,25)/t16-/m1/s1. The lowest BCUT2D eigenvalue weighted by Crippen LogP contribution is -2.51. The van der Waals surface area contributed by atoms with Gasteiger partial charge in [0.2, 0.25) is 5.91 Å². The normalized spacial score (nSPS) is 16.6. The number of piperidine rings is 1. The zero-order valence-electron chi connectivity index (χ0n) is 15.7. The van der Waals surface area contributed by atoms with Gasteiger partial charge in [-0.15, -0.1) is 11.3 Å². The van der Waals surface area contributed by atoms with E-state index in [-0.39, 0.29) is 5.69 Å². The molecule has 1 saturated heterocycles. The number of aryl methyl sites for hydroxylation is 1. The minimum atomic E-state index is -0.659. The van der Waals surface area contributed by atoms with Crippen molar-refractivity contribution in [3.63, 3.8) is 0 Å². The van der Waals surface area contributed by atoms with Crippen molar-refractivity contribution >= 4 is 29.1 Å². The number of primary amides is 1. The molecule has 0 unspecified atom stereocenters. The predicted octanol–water partition coefficient (Wildman–Crippen LogP) is 2.40. The van der Waals surface area contributed by atoms with Crippen LogP contribution in [0.25, 0.3) is 10.6 Å². The van der Waals surface area contributed by atoms with Crippen molar-refractivity contribution in [2.45, 2.75) is 38.6 Å². The molecule has 2 aromatic rings. The molecule has 7 nitrogen and oxygen atoms in total. The molecule has 1 aromatic heterocycles. The molecule has 0 saturated carbocycles. The first-order valence-electron chi connectivity index (χ1n) is 9.30. The van der Waals surface area contributed by atoms with Gasteiger partial charge in [0.15, 0.2) is 12.3 Å². The third-order valence-electron chi connectivity index (χ3n) is 4.80. The van der Waals surface area contributed by atoms with Gasteiger partial charge in [-0.1, -0.05) is 31.2 Å². The van der Waals surface area contributed by atoms with Gasteiger partial charge in [-0.25, -0.2) is 9.78 Å². The summed E-state index contributed by atoms with van der Waals surface area (Å²) in [4.78, 5) is 41.8.